The number of aliphatic hydroxyl groups is 1. The first-order chi connectivity index (χ1) is 7.48. The zero-order valence-corrected chi connectivity index (χ0v) is 10.8. The average molecular weight is 260 g/mol. The Balaban J connectivity index is 2.58. The standard InChI is InChI=1S/C10H14ClN3OS/c1-10(2,3-4-15)6-13-9-14-8(11)7(5-12)16-9/h15H,3-4,6H2,1-2H3,(H,13,14). The lowest BCUT2D eigenvalue weighted by atomic mass is 9.90. The molecule has 1 aromatic rings. The molecule has 1 aromatic heterocycles. The Morgan fingerprint density at radius 2 is 2.31 bits per heavy atom. The molecule has 0 spiro atoms. The van der Waals surface area contributed by atoms with Crippen LogP contribution >= 0.6 is 22.9 Å². The first kappa shape index (κ1) is 13.2. The summed E-state index contributed by atoms with van der Waals surface area (Å²) in [6, 6.07) is 1.98. The van der Waals surface area contributed by atoms with Gasteiger partial charge in [-0.2, -0.15) is 5.26 Å². The summed E-state index contributed by atoms with van der Waals surface area (Å²) >= 11 is 6.99. The molecule has 0 aliphatic carbocycles. The van der Waals surface area contributed by atoms with Gasteiger partial charge in [-0.3, -0.25) is 0 Å². The van der Waals surface area contributed by atoms with Crippen LogP contribution in [0.25, 0.3) is 0 Å². The van der Waals surface area contributed by atoms with Crippen LogP contribution in [0.5, 0.6) is 0 Å². The second-order valence-electron chi connectivity index (χ2n) is 4.24. The Bertz CT molecular complexity index is 397. The van der Waals surface area contributed by atoms with Crippen LogP contribution in [-0.4, -0.2) is 23.2 Å². The molecule has 0 bridgehead atoms. The minimum absolute atomic E-state index is 0.0142. The van der Waals surface area contributed by atoms with Crippen LogP contribution in [0.3, 0.4) is 0 Å². The highest BCUT2D eigenvalue weighted by atomic mass is 35.5. The van der Waals surface area contributed by atoms with Gasteiger partial charge in [0.2, 0.25) is 0 Å². The van der Waals surface area contributed by atoms with Crippen LogP contribution in [0.15, 0.2) is 0 Å². The molecule has 16 heavy (non-hydrogen) atoms. The number of nitriles is 1. The van der Waals surface area contributed by atoms with Crippen LogP contribution < -0.4 is 5.32 Å². The summed E-state index contributed by atoms with van der Waals surface area (Å²) in [6.45, 7) is 4.95. The van der Waals surface area contributed by atoms with Crippen molar-refractivity contribution in [3.8, 4) is 6.07 Å². The lowest BCUT2D eigenvalue weighted by Crippen LogP contribution is -2.24. The number of thiazole rings is 1. The number of hydrogen-bond donors (Lipinski definition) is 2. The Hall–Kier alpha value is -0.830. The fourth-order valence-electron chi connectivity index (χ4n) is 1.15. The third kappa shape index (κ3) is 3.63. The summed E-state index contributed by atoms with van der Waals surface area (Å²) in [6.07, 6.45) is 0.713. The van der Waals surface area contributed by atoms with Crippen molar-refractivity contribution >= 4 is 28.1 Å². The summed E-state index contributed by atoms with van der Waals surface area (Å²) < 4.78 is 0. The fourth-order valence-corrected chi connectivity index (χ4v) is 2.09. The molecule has 6 heteroatoms. The molecule has 0 unspecified atom stereocenters. The van der Waals surface area contributed by atoms with Gasteiger partial charge in [-0.15, -0.1) is 0 Å². The molecule has 0 amide bonds. The van der Waals surface area contributed by atoms with E-state index in [9.17, 15) is 0 Å². The van der Waals surface area contributed by atoms with Gasteiger partial charge in [0.25, 0.3) is 0 Å². The number of anilines is 1. The largest absolute Gasteiger partial charge is 0.396 e. The van der Waals surface area contributed by atoms with E-state index in [0.29, 0.717) is 23.0 Å². The number of hydrogen-bond acceptors (Lipinski definition) is 5. The molecule has 0 fully saturated rings. The maximum Gasteiger partial charge on any atom is 0.185 e. The monoisotopic (exact) mass is 259 g/mol. The van der Waals surface area contributed by atoms with Crippen molar-refractivity contribution in [3.05, 3.63) is 10.0 Å². The van der Waals surface area contributed by atoms with Crippen LogP contribution in [0.4, 0.5) is 5.13 Å². The molecule has 1 heterocycles. The number of aliphatic hydroxyl groups excluding tert-OH is 1. The van der Waals surface area contributed by atoms with Crippen molar-refractivity contribution in [2.24, 2.45) is 5.41 Å². The predicted molar refractivity (Wildman–Crippen MR) is 65.8 cm³/mol. The summed E-state index contributed by atoms with van der Waals surface area (Å²) in [7, 11) is 0. The van der Waals surface area contributed by atoms with Gasteiger partial charge in [-0.25, -0.2) is 4.98 Å². The molecular weight excluding hydrogens is 246 g/mol. The van der Waals surface area contributed by atoms with E-state index in [0.717, 1.165) is 0 Å². The van der Waals surface area contributed by atoms with E-state index in [1.165, 1.54) is 11.3 Å². The van der Waals surface area contributed by atoms with E-state index >= 15 is 0 Å². The number of nitrogens with one attached hydrogen (secondary N) is 1. The maximum absolute atomic E-state index is 8.88. The molecule has 0 aliphatic heterocycles. The van der Waals surface area contributed by atoms with E-state index < -0.39 is 0 Å². The third-order valence-electron chi connectivity index (χ3n) is 2.19. The van der Waals surface area contributed by atoms with Gasteiger partial charge in [0, 0.05) is 13.2 Å². The van der Waals surface area contributed by atoms with Crippen molar-refractivity contribution in [3.63, 3.8) is 0 Å². The summed E-state index contributed by atoms with van der Waals surface area (Å²) in [5.41, 5.74) is -0.0142. The molecular formula is C10H14ClN3OS. The van der Waals surface area contributed by atoms with Gasteiger partial charge in [0.1, 0.15) is 10.9 Å². The minimum Gasteiger partial charge on any atom is -0.396 e. The van der Waals surface area contributed by atoms with Crippen molar-refractivity contribution in [2.75, 3.05) is 18.5 Å². The highest BCUT2D eigenvalue weighted by Gasteiger charge is 2.18. The Kier molecular flexibility index (Phi) is 4.54. The second-order valence-corrected chi connectivity index (χ2v) is 5.60. The van der Waals surface area contributed by atoms with Crippen LogP contribution in [0.1, 0.15) is 25.1 Å². The van der Waals surface area contributed by atoms with Gasteiger partial charge >= 0.3 is 0 Å². The minimum atomic E-state index is -0.0142. The number of nitrogens with zero attached hydrogens (tertiary/aromatic N) is 2. The molecule has 0 atom stereocenters. The zero-order valence-electron chi connectivity index (χ0n) is 9.25. The Labute approximate surface area is 104 Å². The lowest BCUT2D eigenvalue weighted by molar-refractivity contribution is 0.220. The predicted octanol–water partition coefficient (Wildman–Crippen LogP) is 2.49. The molecule has 0 aromatic carbocycles. The molecule has 0 aliphatic rings. The summed E-state index contributed by atoms with van der Waals surface area (Å²) in [5.74, 6) is 0. The molecule has 1 rings (SSSR count). The Morgan fingerprint density at radius 3 is 2.81 bits per heavy atom. The van der Waals surface area contributed by atoms with Gasteiger partial charge < -0.3 is 10.4 Å². The number of rotatable bonds is 5. The molecule has 0 saturated heterocycles. The van der Waals surface area contributed by atoms with Crippen molar-refractivity contribution in [1.29, 1.82) is 5.26 Å². The van der Waals surface area contributed by atoms with E-state index in [1.807, 2.05) is 6.07 Å². The smallest absolute Gasteiger partial charge is 0.185 e. The molecule has 0 radical (unpaired) electrons. The van der Waals surface area contributed by atoms with Gasteiger partial charge in [-0.05, 0) is 11.8 Å². The number of halogens is 1. The average Bonchev–Trinajstić information content (AvgIpc) is 2.56. The van der Waals surface area contributed by atoms with E-state index in [2.05, 4.69) is 24.1 Å². The summed E-state index contributed by atoms with van der Waals surface area (Å²) in [4.78, 5) is 4.45. The zero-order chi connectivity index (χ0) is 12.2. The normalized spacial score (nSPS) is 11.2. The van der Waals surface area contributed by atoms with Gasteiger partial charge in [-0.1, -0.05) is 36.8 Å². The first-order valence-electron chi connectivity index (χ1n) is 4.89. The van der Waals surface area contributed by atoms with E-state index in [-0.39, 0.29) is 17.2 Å². The van der Waals surface area contributed by atoms with Crippen molar-refractivity contribution < 1.29 is 5.11 Å². The topological polar surface area (TPSA) is 68.9 Å². The highest BCUT2D eigenvalue weighted by molar-refractivity contribution is 7.16. The fraction of sp³-hybridized carbons (Fsp3) is 0.600. The molecule has 0 saturated carbocycles. The Morgan fingerprint density at radius 1 is 1.62 bits per heavy atom. The third-order valence-corrected chi connectivity index (χ3v) is 3.50. The molecule has 88 valence electrons. The SMILES string of the molecule is CC(C)(CCO)CNc1nc(Cl)c(C#N)s1. The van der Waals surface area contributed by atoms with Gasteiger partial charge in [0.15, 0.2) is 10.3 Å². The highest BCUT2D eigenvalue weighted by Crippen LogP contribution is 2.27. The van der Waals surface area contributed by atoms with Gasteiger partial charge in [0.05, 0.1) is 0 Å². The van der Waals surface area contributed by atoms with Crippen LogP contribution in [0, 0.1) is 16.7 Å². The quantitative estimate of drug-likeness (QED) is 0.852. The second kappa shape index (κ2) is 5.48. The van der Waals surface area contributed by atoms with Crippen molar-refractivity contribution in [1.82, 2.24) is 4.98 Å². The van der Waals surface area contributed by atoms with Crippen LogP contribution in [-0.2, 0) is 0 Å². The first-order valence-corrected chi connectivity index (χ1v) is 6.09. The van der Waals surface area contributed by atoms with Crippen molar-refractivity contribution in [2.45, 2.75) is 20.3 Å². The van der Waals surface area contributed by atoms with E-state index in [1.54, 1.807) is 0 Å². The lowest BCUT2D eigenvalue weighted by Gasteiger charge is -2.23. The van der Waals surface area contributed by atoms with E-state index in [4.69, 9.17) is 22.0 Å². The molecule has 2 N–H and O–H groups in total. The number of aromatic nitrogens is 1. The van der Waals surface area contributed by atoms with Crippen LogP contribution in [0.2, 0.25) is 5.15 Å². The molecule has 4 nitrogen and oxygen atoms in total. The summed E-state index contributed by atoms with van der Waals surface area (Å²) in [5, 5.41) is 21.6. The maximum atomic E-state index is 8.88.